The van der Waals surface area contributed by atoms with Crippen LogP contribution in [0, 0.1) is 5.82 Å². The number of rotatable bonds is 7. The zero-order valence-electron chi connectivity index (χ0n) is 19.9. The number of hydrogen-bond acceptors (Lipinski definition) is 5. The van der Waals surface area contributed by atoms with Gasteiger partial charge >= 0.3 is 0 Å². The minimum Gasteiger partial charge on any atom is -0.492 e. The predicted molar refractivity (Wildman–Crippen MR) is 140 cm³/mol. The number of hydrazone groups is 1. The molecule has 1 heterocycles. The lowest BCUT2D eigenvalue weighted by molar-refractivity contribution is 0.111. The number of nitrogens with zero attached hydrogens (tertiary/aromatic N) is 1. The predicted octanol–water partition coefficient (Wildman–Crippen LogP) is 6.06. The van der Waals surface area contributed by atoms with E-state index in [1.54, 1.807) is 12.1 Å². The Hall–Kier alpha value is -3.65. The zero-order chi connectivity index (χ0) is 24.8. The summed E-state index contributed by atoms with van der Waals surface area (Å²) in [5.74, 6) is 1.82. The smallest absolute Gasteiger partial charge is 0.191 e. The Morgan fingerprint density at radius 2 is 1.86 bits per heavy atom. The van der Waals surface area contributed by atoms with Crippen molar-refractivity contribution in [2.24, 2.45) is 5.10 Å². The fourth-order valence-corrected chi connectivity index (χ4v) is 3.87. The SMILES string of the molecule is CCOc1ccccc1NC(=S)N/N=C1/CC(C)(C)Oc2ccc(OCc3ccc(F)cc3)cc21. The number of thiocarbonyl (C=S) groups is 1. The number of anilines is 1. The van der Waals surface area contributed by atoms with E-state index < -0.39 is 5.60 Å². The molecule has 182 valence electrons. The minimum absolute atomic E-state index is 0.274. The summed E-state index contributed by atoms with van der Waals surface area (Å²) in [6.07, 6.45) is 0.576. The Bertz CT molecular complexity index is 1230. The summed E-state index contributed by atoms with van der Waals surface area (Å²) < 4.78 is 30.9. The fraction of sp³-hybridized carbons (Fsp3) is 0.259. The summed E-state index contributed by atoms with van der Waals surface area (Å²) in [5, 5.41) is 8.09. The molecule has 4 rings (SSSR count). The summed E-state index contributed by atoms with van der Waals surface area (Å²) in [5.41, 5.74) is 5.78. The molecular formula is C27H28FN3O3S. The highest BCUT2D eigenvalue weighted by molar-refractivity contribution is 7.80. The number of para-hydroxylation sites is 2. The van der Waals surface area contributed by atoms with Gasteiger partial charge in [-0.3, -0.25) is 5.43 Å². The van der Waals surface area contributed by atoms with E-state index in [9.17, 15) is 4.39 Å². The fourth-order valence-electron chi connectivity index (χ4n) is 3.71. The maximum atomic E-state index is 13.2. The molecule has 1 aliphatic rings. The van der Waals surface area contributed by atoms with E-state index in [0.29, 0.717) is 36.2 Å². The van der Waals surface area contributed by atoms with Crippen molar-refractivity contribution in [2.75, 3.05) is 11.9 Å². The molecule has 0 atom stereocenters. The van der Waals surface area contributed by atoms with Gasteiger partial charge in [0.25, 0.3) is 0 Å². The quantitative estimate of drug-likeness (QED) is 0.308. The first-order valence-electron chi connectivity index (χ1n) is 11.4. The van der Waals surface area contributed by atoms with Crippen molar-refractivity contribution in [3.8, 4) is 17.2 Å². The van der Waals surface area contributed by atoms with Crippen LogP contribution in [0.15, 0.2) is 71.8 Å². The van der Waals surface area contributed by atoms with Crippen LogP contribution in [-0.2, 0) is 6.61 Å². The van der Waals surface area contributed by atoms with E-state index in [4.69, 9.17) is 26.4 Å². The Kier molecular flexibility index (Phi) is 7.51. The molecule has 0 fully saturated rings. The molecule has 0 aliphatic carbocycles. The molecule has 0 unspecified atom stereocenters. The Labute approximate surface area is 210 Å². The van der Waals surface area contributed by atoms with Crippen molar-refractivity contribution in [1.82, 2.24) is 5.43 Å². The second-order valence-corrected chi connectivity index (χ2v) is 9.07. The molecule has 2 N–H and O–H groups in total. The van der Waals surface area contributed by atoms with Gasteiger partial charge < -0.3 is 19.5 Å². The summed E-state index contributed by atoms with van der Waals surface area (Å²) in [7, 11) is 0. The summed E-state index contributed by atoms with van der Waals surface area (Å²) in [6.45, 7) is 6.84. The van der Waals surface area contributed by atoms with Crippen molar-refractivity contribution in [2.45, 2.75) is 39.4 Å². The van der Waals surface area contributed by atoms with Gasteiger partial charge in [0.2, 0.25) is 0 Å². The molecule has 0 amide bonds. The lowest BCUT2D eigenvalue weighted by Crippen LogP contribution is -2.37. The molecule has 3 aromatic rings. The van der Waals surface area contributed by atoms with Crippen LogP contribution in [0.1, 0.15) is 38.3 Å². The third-order valence-electron chi connectivity index (χ3n) is 5.29. The lowest BCUT2D eigenvalue weighted by Gasteiger charge is -2.33. The van der Waals surface area contributed by atoms with Gasteiger partial charge in [0.15, 0.2) is 5.11 Å². The van der Waals surface area contributed by atoms with Gasteiger partial charge in [0.05, 0.1) is 18.0 Å². The monoisotopic (exact) mass is 493 g/mol. The van der Waals surface area contributed by atoms with E-state index in [1.165, 1.54) is 12.1 Å². The Morgan fingerprint density at radius 3 is 2.63 bits per heavy atom. The van der Waals surface area contributed by atoms with Gasteiger partial charge in [0.1, 0.15) is 35.3 Å². The molecule has 6 nitrogen and oxygen atoms in total. The molecule has 35 heavy (non-hydrogen) atoms. The van der Waals surface area contributed by atoms with E-state index in [2.05, 4.69) is 15.8 Å². The zero-order valence-corrected chi connectivity index (χ0v) is 20.7. The number of nitrogens with one attached hydrogen (secondary N) is 2. The molecular weight excluding hydrogens is 465 g/mol. The highest BCUT2D eigenvalue weighted by atomic mass is 32.1. The van der Waals surface area contributed by atoms with Crippen molar-refractivity contribution in [3.05, 3.63) is 83.7 Å². The first-order valence-corrected chi connectivity index (χ1v) is 11.8. The molecule has 0 aromatic heterocycles. The van der Waals surface area contributed by atoms with Crippen molar-refractivity contribution >= 4 is 28.7 Å². The molecule has 0 saturated carbocycles. The average Bonchev–Trinajstić information content (AvgIpc) is 2.83. The van der Waals surface area contributed by atoms with Gasteiger partial charge in [-0.2, -0.15) is 5.10 Å². The summed E-state index contributed by atoms with van der Waals surface area (Å²) in [6, 6.07) is 19.5. The van der Waals surface area contributed by atoms with E-state index in [1.807, 2.05) is 63.2 Å². The maximum absolute atomic E-state index is 13.2. The van der Waals surface area contributed by atoms with Crippen LogP contribution in [0.4, 0.5) is 10.1 Å². The average molecular weight is 494 g/mol. The first-order chi connectivity index (χ1) is 16.8. The molecule has 8 heteroatoms. The van der Waals surface area contributed by atoms with Crippen LogP contribution in [0.3, 0.4) is 0 Å². The van der Waals surface area contributed by atoms with Gasteiger partial charge in [0, 0.05) is 12.0 Å². The summed E-state index contributed by atoms with van der Waals surface area (Å²) >= 11 is 5.47. The number of hydrogen-bond donors (Lipinski definition) is 2. The van der Waals surface area contributed by atoms with Gasteiger partial charge in [-0.05, 0) is 81.0 Å². The molecule has 3 aromatic carbocycles. The van der Waals surface area contributed by atoms with Crippen LogP contribution in [0.25, 0.3) is 0 Å². The van der Waals surface area contributed by atoms with Crippen LogP contribution >= 0.6 is 12.2 Å². The van der Waals surface area contributed by atoms with Crippen LogP contribution in [0.2, 0.25) is 0 Å². The second-order valence-electron chi connectivity index (χ2n) is 8.67. The molecule has 0 radical (unpaired) electrons. The summed E-state index contributed by atoms with van der Waals surface area (Å²) in [4.78, 5) is 0. The van der Waals surface area contributed by atoms with Crippen molar-refractivity contribution < 1.29 is 18.6 Å². The third-order valence-corrected chi connectivity index (χ3v) is 5.48. The lowest BCUT2D eigenvalue weighted by atomic mass is 9.92. The van der Waals surface area contributed by atoms with E-state index >= 15 is 0 Å². The second kappa shape index (κ2) is 10.7. The standard InChI is InChI=1S/C27H28FN3O3S/c1-4-32-25-8-6-5-7-22(25)29-26(35)31-30-23-16-27(2,3)34-24-14-13-20(15-21(23)24)33-17-18-9-11-19(28)12-10-18/h5-15H,4,16-17H2,1-3H3,(H2,29,31,35)/b30-23-. The topological polar surface area (TPSA) is 64.1 Å². The number of benzene rings is 3. The van der Waals surface area contributed by atoms with Crippen molar-refractivity contribution in [1.29, 1.82) is 0 Å². The molecule has 0 saturated heterocycles. The minimum atomic E-state index is -0.430. The largest absolute Gasteiger partial charge is 0.492 e. The molecule has 0 spiro atoms. The highest BCUT2D eigenvalue weighted by Gasteiger charge is 2.31. The number of halogens is 1. The molecule has 1 aliphatic heterocycles. The molecule has 0 bridgehead atoms. The van der Waals surface area contributed by atoms with Gasteiger partial charge in [-0.25, -0.2) is 4.39 Å². The van der Waals surface area contributed by atoms with Crippen molar-refractivity contribution in [3.63, 3.8) is 0 Å². The highest BCUT2D eigenvalue weighted by Crippen LogP contribution is 2.35. The number of ether oxygens (including phenoxy) is 3. The third kappa shape index (κ3) is 6.48. The van der Waals surface area contributed by atoms with Crippen LogP contribution < -0.4 is 25.0 Å². The Balaban J connectivity index is 1.50. The van der Waals surface area contributed by atoms with Crippen LogP contribution in [-0.4, -0.2) is 23.0 Å². The maximum Gasteiger partial charge on any atom is 0.191 e. The normalized spacial score (nSPS) is 15.0. The first kappa shape index (κ1) is 24.5. The van der Waals surface area contributed by atoms with E-state index in [-0.39, 0.29) is 5.82 Å². The van der Waals surface area contributed by atoms with Crippen LogP contribution in [0.5, 0.6) is 17.2 Å². The van der Waals surface area contributed by atoms with Gasteiger partial charge in [-0.15, -0.1) is 0 Å². The Morgan fingerprint density at radius 1 is 1.09 bits per heavy atom. The number of fused-ring (bicyclic) bond motifs is 1. The van der Waals surface area contributed by atoms with E-state index in [0.717, 1.165) is 28.3 Å². The van der Waals surface area contributed by atoms with Gasteiger partial charge in [-0.1, -0.05) is 24.3 Å².